The third-order valence-electron chi connectivity index (χ3n) is 2.61. The number of hydrogen-bond acceptors (Lipinski definition) is 4. The van der Waals surface area contributed by atoms with Crippen molar-refractivity contribution in [3.8, 4) is 0 Å². The summed E-state index contributed by atoms with van der Waals surface area (Å²) in [4.78, 5) is 15.8. The molecule has 2 aromatic heterocycles. The van der Waals surface area contributed by atoms with Crippen molar-refractivity contribution in [2.75, 3.05) is 13.1 Å². The van der Waals surface area contributed by atoms with E-state index in [-0.39, 0.29) is 5.69 Å². The van der Waals surface area contributed by atoms with Crippen LogP contribution in [0.3, 0.4) is 0 Å². The van der Waals surface area contributed by atoms with Crippen LogP contribution in [-0.4, -0.2) is 32.3 Å². The molecule has 0 atom stereocenters. The lowest BCUT2D eigenvalue weighted by atomic mass is 10.3. The maximum absolute atomic E-state index is 11.9. The molecule has 0 amide bonds. The van der Waals surface area contributed by atoms with Crippen molar-refractivity contribution in [2.45, 2.75) is 26.3 Å². The number of fused-ring (bicyclic) bond motifs is 1. The SMILES string of the molecule is CCNCCCCn1nc2cnccn2c1=O. The van der Waals surface area contributed by atoms with Gasteiger partial charge in [0.1, 0.15) is 0 Å². The Labute approximate surface area is 99.3 Å². The molecular weight excluding hydrogens is 218 g/mol. The van der Waals surface area contributed by atoms with Crippen LogP contribution in [-0.2, 0) is 6.54 Å². The standard InChI is InChI=1S/C11H17N5O/c1-2-12-5-3-4-7-16-11(17)15-8-6-13-9-10(15)14-16/h6,8-9,12H,2-5,7H2,1H3. The highest BCUT2D eigenvalue weighted by atomic mass is 16.2. The smallest absolute Gasteiger partial charge is 0.317 e. The van der Waals surface area contributed by atoms with Gasteiger partial charge in [0.25, 0.3) is 0 Å². The molecule has 0 aromatic carbocycles. The lowest BCUT2D eigenvalue weighted by Crippen LogP contribution is -2.22. The highest BCUT2D eigenvalue weighted by molar-refractivity contribution is 5.31. The van der Waals surface area contributed by atoms with Crippen LogP contribution in [0.25, 0.3) is 5.65 Å². The molecule has 0 bridgehead atoms. The third-order valence-corrected chi connectivity index (χ3v) is 2.61. The average molecular weight is 235 g/mol. The first-order valence-electron chi connectivity index (χ1n) is 5.93. The van der Waals surface area contributed by atoms with E-state index in [0.29, 0.717) is 12.2 Å². The van der Waals surface area contributed by atoms with Gasteiger partial charge in [-0.1, -0.05) is 6.92 Å². The van der Waals surface area contributed by atoms with E-state index in [2.05, 4.69) is 22.3 Å². The first-order valence-corrected chi connectivity index (χ1v) is 5.93. The average Bonchev–Trinajstić information content (AvgIpc) is 2.67. The molecular formula is C11H17N5O. The lowest BCUT2D eigenvalue weighted by molar-refractivity contribution is 0.527. The molecule has 92 valence electrons. The molecule has 17 heavy (non-hydrogen) atoms. The first kappa shape index (κ1) is 11.8. The fraction of sp³-hybridized carbons (Fsp3) is 0.545. The Hall–Kier alpha value is -1.69. The van der Waals surface area contributed by atoms with Gasteiger partial charge >= 0.3 is 5.69 Å². The van der Waals surface area contributed by atoms with Crippen LogP contribution in [0.2, 0.25) is 0 Å². The van der Waals surface area contributed by atoms with E-state index in [1.54, 1.807) is 18.6 Å². The number of aromatic nitrogens is 4. The molecule has 0 radical (unpaired) electrons. The second-order valence-electron chi connectivity index (χ2n) is 3.87. The molecule has 1 N–H and O–H groups in total. The Balaban J connectivity index is 1.99. The topological polar surface area (TPSA) is 64.2 Å². The molecule has 0 fully saturated rings. The van der Waals surface area contributed by atoms with E-state index in [0.717, 1.165) is 25.9 Å². The van der Waals surface area contributed by atoms with Gasteiger partial charge in [-0.2, -0.15) is 0 Å². The molecule has 2 rings (SSSR count). The van der Waals surface area contributed by atoms with Crippen molar-refractivity contribution in [2.24, 2.45) is 0 Å². The monoisotopic (exact) mass is 235 g/mol. The summed E-state index contributed by atoms with van der Waals surface area (Å²) in [7, 11) is 0. The van der Waals surface area contributed by atoms with E-state index < -0.39 is 0 Å². The molecule has 2 aromatic rings. The van der Waals surface area contributed by atoms with Crippen LogP contribution in [0.4, 0.5) is 0 Å². The maximum Gasteiger partial charge on any atom is 0.350 e. The van der Waals surface area contributed by atoms with Gasteiger partial charge in [-0.15, -0.1) is 5.10 Å². The van der Waals surface area contributed by atoms with E-state index in [1.165, 1.54) is 9.08 Å². The Kier molecular flexibility index (Phi) is 3.87. The molecule has 2 heterocycles. The van der Waals surface area contributed by atoms with Crippen molar-refractivity contribution >= 4 is 5.65 Å². The van der Waals surface area contributed by atoms with Crippen LogP contribution in [0, 0.1) is 0 Å². The van der Waals surface area contributed by atoms with Crippen molar-refractivity contribution in [1.29, 1.82) is 0 Å². The van der Waals surface area contributed by atoms with Gasteiger partial charge in [0.15, 0.2) is 5.65 Å². The summed E-state index contributed by atoms with van der Waals surface area (Å²) in [6.07, 6.45) is 6.82. The van der Waals surface area contributed by atoms with Gasteiger partial charge in [-0.3, -0.25) is 4.98 Å². The van der Waals surface area contributed by atoms with Crippen molar-refractivity contribution in [1.82, 2.24) is 24.5 Å². The molecule has 0 saturated carbocycles. The quantitative estimate of drug-likeness (QED) is 0.730. The number of unbranched alkanes of at least 4 members (excludes halogenated alkanes) is 1. The number of aryl methyl sites for hydroxylation is 1. The minimum absolute atomic E-state index is 0.0918. The van der Waals surface area contributed by atoms with Crippen LogP contribution in [0.5, 0.6) is 0 Å². The molecule has 0 saturated heterocycles. The minimum atomic E-state index is -0.0918. The predicted octanol–water partition coefficient (Wildman–Crippen LogP) is 0.281. The second kappa shape index (κ2) is 5.58. The Morgan fingerprint density at radius 2 is 2.29 bits per heavy atom. The zero-order valence-electron chi connectivity index (χ0n) is 9.96. The molecule has 0 aliphatic carbocycles. The fourth-order valence-corrected chi connectivity index (χ4v) is 1.71. The summed E-state index contributed by atoms with van der Waals surface area (Å²) >= 11 is 0. The summed E-state index contributed by atoms with van der Waals surface area (Å²) in [6, 6.07) is 0. The van der Waals surface area contributed by atoms with E-state index >= 15 is 0 Å². The second-order valence-corrected chi connectivity index (χ2v) is 3.87. The summed E-state index contributed by atoms with van der Waals surface area (Å²) in [5, 5.41) is 7.47. The molecule has 0 spiro atoms. The summed E-state index contributed by atoms with van der Waals surface area (Å²) in [6.45, 7) is 4.71. The predicted molar refractivity (Wildman–Crippen MR) is 65.0 cm³/mol. The maximum atomic E-state index is 11.9. The molecule has 0 unspecified atom stereocenters. The molecule has 6 heteroatoms. The third kappa shape index (κ3) is 2.71. The molecule has 0 aliphatic heterocycles. The van der Waals surface area contributed by atoms with Crippen molar-refractivity contribution in [3.05, 3.63) is 29.1 Å². The Morgan fingerprint density at radius 1 is 1.41 bits per heavy atom. The van der Waals surface area contributed by atoms with Gasteiger partial charge in [0.05, 0.1) is 6.20 Å². The summed E-state index contributed by atoms with van der Waals surface area (Å²) in [5.41, 5.74) is 0.509. The van der Waals surface area contributed by atoms with Gasteiger partial charge in [-0.25, -0.2) is 13.9 Å². The van der Waals surface area contributed by atoms with Gasteiger partial charge in [0.2, 0.25) is 0 Å². The minimum Gasteiger partial charge on any atom is -0.317 e. The fourth-order valence-electron chi connectivity index (χ4n) is 1.71. The molecule has 6 nitrogen and oxygen atoms in total. The lowest BCUT2D eigenvalue weighted by Gasteiger charge is -2.00. The summed E-state index contributed by atoms with van der Waals surface area (Å²) in [5.74, 6) is 0. The first-order chi connectivity index (χ1) is 8.33. The van der Waals surface area contributed by atoms with Gasteiger partial charge in [0, 0.05) is 18.9 Å². The highest BCUT2D eigenvalue weighted by Crippen LogP contribution is 1.95. The van der Waals surface area contributed by atoms with Crippen molar-refractivity contribution in [3.63, 3.8) is 0 Å². The Morgan fingerprint density at radius 3 is 3.06 bits per heavy atom. The van der Waals surface area contributed by atoms with E-state index in [1.807, 2.05) is 0 Å². The van der Waals surface area contributed by atoms with Crippen LogP contribution < -0.4 is 11.0 Å². The van der Waals surface area contributed by atoms with Gasteiger partial charge in [-0.05, 0) is 25.9 Å². The largest absolute Gasteiger partial charge is 0.350 e. The zero-order chi connectivity index (χ0) is 12.1. The van der Waals surface area contributed by atoms with Crippen LogP contribution in [0.15, 0.2) is 23.4 Å². The van der Waals surface area contributed by atoms with E-state index in [9.17, 15) is 4.79 Å². The normalized spacial score (nSPS) is 11.1. The number of nitrogens with one attached hydrogen (secondary N) is 1. The Bertz CT molecular complexity index is 530. The summed E-state index contributed by atoms with van der Waals surface area (Å²) < 4.78 is 3.01. The van der Waals surface area contributed by atoms with Crippen LogP contribution >= 0.6 is 0 Å². The zero-order valence-corrected chi connectivity index (χ0v) is 9.96. The number of hydrogen-bond donors (Lipinski definition) is 1. The number of rotatable bonds is 6. The van der Waals surface area contributed by atoms with Gasteiger partial charge < -0.3 is 5.32 Å². The van der Waals surface area contributed by atoms with Crippen molar-refractivity contribution < 1.29 is 0 Å². The van der Waals surface area contributed by atoms with E-state index in [4.69, 9.17) is 0 Å². The molecule has 0 aliphatic rings. The number of nitrogens with zero attached hydrogens (tertiary/aromatic N) is 4. The van der Waals surface area contributed by atoms with Crippen LogP contribution in [0.1, 0.15) is 19.8 Å². The highest BCUT2D eigenvalue weighted by Gasteiger charge is 2.05.